The van der Waals surface area contributed by atoms with Gasteiger partial charge in [0, 0.05) is 6.07 Å². The molecule has 78 valence electrons. The van der Waals surface area contributed by atoms with Gasteiger partial charge in [0.15, 0.2) is 5.84 Å². The lowest BCUT2D eigenvalue weighted by Gasteiger charge is -2.13. The van der Waals surface area contributed by atoms with E-state index in [1.807, 2.05) is 27.7 Å². The Bertz CT molecular complexity index is 335. The van der Waals surface area contributed by atoms with E-state index in [1.165, 1.54) is 0 Å². The second-order valence-electron chi connectivity index (χ2n) is 4.10. The highest BCUT2D eigenvalue weighted by molar-refractivity contribution is 5.96. The Labute approximate surface area is 83.3 Å². The molecule has 1 rings (SSSR count). The van der Waals surface area contributed by atoms with E-state index in [2.05, 4.69) is 15.6 Å². The van der Waals surface area contributed by atoms with Crippen LogP contribution in [0.2, 0.25) is 0 Å². The predicted molar refractivity (Wildman–Crippen MR) is 54.9 cm³/mol. The van der Waals surface area contributed by atoms with Crippen molar-refractivity contribution < 1.29 is 4.52 Å². The molecule has 14 heavy (non-hydrogen) atoms. The fourth-order valence-electron chi connectivity index (χ4n) is 0.977. The van der Waals surface area contributed by atoms with Gasteiger partial charge in [-0.15, -0.1) is 0 Å². The van der Waals surface area contributed by atoms with Crippen molar-refractivity contribution in [2.75, 3.05) is 0 Å². The SMILES string of the molecule is Cc1cc(C(=NC(C)(C)C)NN)no1. The normalized spacial score (nSPS) is 13.1. The van der Waals surface area contributed by atoms with Gasteiger partial charge in [0.05, 0.1) is 5.54 Å². The maximum atomic E-state index is 5.36. The zero-order valence-corrected chi connectivity index (χ0v) is 8.96. The van der Waals surface area contributed by atoms with E-state index in [0.717, 1.165) is 5.76 Å². The van der Waals surface area contributed by atoms with Crippen molar-refractivity contribution in [1.29, 1.82) is 0 Å². The first-order valence-corrected chi connectivity index (χ1v) is 4.42. The van der Waals surface area contributed by atoms with E-state index in [1.54, 1.807) is 6.07 Å². The van der Waals surface area contributed by atoms with E-state index in [0.29, 0.717) is 11.5 Å². The molecule has 0 amide bonds. The molecule has 0 saturated carbocycles. The summed E-state index contributed by atoms with van der Waals surface area (Å²) >= 11 is 0. The number of hydrazine groups is 1. The number of aryl methyl sites for hydroxylation is 1. The van der Waals surface area contributed by atoms with Crippen LogP contribution in [0, 0.1) is 6.92 Å². The monoisotopic (exact) mass is 196 g/mol. The molecule has 0 atom stereocenters. The second kappa shape index (κ2) is 3.79. The van der Waals surface area contributed by atoms with Crippen LogP contribution >= 0.6 is 0 Å². The molecule has 1 heterocycles. The minimum absolute atomic E-state index is 0.200. The first kappa shape index (κ1) is 10.7. The smallest absolute Gasteiger partial charge is 0.165 e. The molecule has 0 aromatic carbocycles. The molecule has 0 saturated heterocycles. The van der Waals surface area contributed by atoms with Crippen LogP contribution in [0.4, 0.5) is 0 Å². The van der Waals surface area contributed by atoms with Gasteiger partial charge in [-0.25, -0.2) is 5.84 Å². The van der Waals surface area contributed by atoms with Crippen LogP contribution in [0.1, 0.15) is 32.2 Å². The van der Waals surface area contributed by atoms with Crippen molar-refractivity contribution in [3.8, 4) is 0 Å². The van der Waals surface area contributed by atoms with Gasteiger partial charge in [-0.2, -0.15) is 0 Å². The van der Waals surface area contributed by atoms with Gasteiger partial charge in [-0.1, -0.05) is 5.16 Å². The fourth-order valence-corrected chi connectivity index (χ4v) is 0.977. The predicted octanol–water partition coefficient (Wildman–Crippen LogP) is 0.991. The van der Waals surface area contributed by atoms with Gasteiger partial charge in [0.1, 0.15) is 11.5 Å². The van der Waals surface area contributed by atoms with Gasteiger partial charge < -0.3 is 9.95 Å². The lowest BCUT2D eigenvalue weighted by atomic mass is 10.1. The summed E-state index contributed by atoms with van der Waals surface area (Å²) in [6, 6.07) is 1.78. The second-order valence-corrected chi connectivity index (χ2v) is 4.10. The maximum Gasteiger partial charge on any atom is 0.165 e. The van der Waals surface area contributed by atoms with Gasteiger partial charge in [-0.05, 0) is 27.7 Å². The highest BCUT2D eigenvalue weighted by Gasteiger charge is 2.13. The van der Waals surface area contributed by atoms with Crippen molar-refractivity contribution in [1.82, 2.24) is 10.6 Å². The first-order chi connectivity index (χ1) is 6.42. The number of aromatic nitrogens is 1. The fraction of sp³-hybridized carbons (Fsp3) is 0.556. The number of nitrogens with zero attached hydrogens (tertiary/aromatic N) is 2. The molecule has 5 heteroatoms. The average molecular weight is 196 g/mol. The van der Waals surface area contributed by atoms with Crippen LogP contribution in [0.3, 0.4) is 0 Å². The molecule has 0 bridgehead atoms. The quantitative estimate of drug-likeness (QED) is 0.304. The molecule has 0 radical (unpaired) electrons. The number of rotatable bonds is 1. The van der Waals surface area contributed by atoms with Crippen molar-refractivity contribution in [2.24, 2.45) is 10.8 Å². The van der Waals surface area contributed by atoms with Crippen LogP contribution < -0.4 is 11.3 Å². The van der Waals surface area contributed by atoms with Crippen molar-refractivity contribution in [3.63, 3.8) is 0 Å². The Hall–Kier alpha value is -1.36. The molecule has 0 fully saturated rings. The van der Waals surface area contributed by atoms with E-state index >= 15 is 0 Å². The van der Waals surface area contributed by atoms with E-state index in [4.69, 9.17) is 10.4 Å². The van der Waals surface area contributed by atoms with Gasteiger partial charge in [0.2, 0.25) is 0 Å². The van der Waals surface area contributed by atoms with Crippen molar-refractivity contribution >= 4 is 5.84 Å². The third-order valence-electron chi connectivity index (χ3n) is 1.45. The minimum atomic E-state index is -0.200. The number of amidine groups is 1. The number of nitrogens with two attached hydrogens (primary N) is 1. The topological polar surface area (TPSA) is 76.4 Å². The average Bonchev–Trinajstić information content (AvgIpc) is 2.46. The standard InChI is InChI=1S/C9H16N4O/c1-6-5-7(13-14-6)8(12-10)11-9(2,3)4/h5H,10H2,1-4H3,(H,11,12). The maximum absolute atomic E-state index is 5.36. The Morgan fingerprint density at radius 1 is 1.57 bits per heavy atom. The van der Waals surface area contributed by atoms with Crippen molar-refractivity contribution in [3.05, 3.63) is 17.5 Å². The Morgan fingerprint density at radius 3 is 2.57 bits per heavy atom. The lowest BCUT2D eigenvalue weighted by molar-refractivity contribution is 0.396. The highest BCUT2D eigenvalue weighted by atomic mass is 16.5. The van der Waals surface area contributed by atoms with Gasteiger partial charge in [-0.3, -0.25) is 4.99 Å². The zero-order chi connectivity index (χ0) is 10.8. The summed E-state index contributed by atoms with van der Waals surface area (Å²) in [6.45, 7) is 7.77. The third kappa shape index (κ3) is 2.85. The number of aliphatic imine (C=N–C) groups is 1. The Balaban J connectivity index is 2.99. The Kier molecular flexibility index (Phi) is 2.90. The molecule has 0 unspecified atom stereocenters. The van der Waals surface area contributed by atoms with Crippen LogP contribution in [0.15, 0.2) is 15.6 Å². The zero-order valence-electron chi connectivity index (χ0n) is 8.96. The van der Waals surface area contributed by atoms with Gasteiger partial charge >= 0.3 is 0 Å². The summed E-state index contributed by atoms with van der Waals surface area (Å²) in [6.07, 6.45) is 0. The molecule has 5 nitrogen and oxygen atoms in total. The number of nitrogens with one attached hydrogen (secondary N) is 1. The van der Waals surface area contributed by atoms with E-state index in [-0.39, 0.29) is 5.54 Å². The van der Waals surface area contributed by atoms with Crippen LogP contribution in [0.25, 0.3) is 0 Å². The van der Waals surface area contributed by atoms with Gasteiger partial charge in [0.25, 0.3) is 0 Å². The molecule has 0 spiro atoms. The van der Waals surface area contributed by atoms with E-state index < -0.39 is 0 Å². The lowest BCUT2D eigenvalue weighted by Crippen LogP contribution is -2.33. The highest BCUT2D eigenvalue weighted by Crippen LogP contribution is 2.09. The molecule has 0 aliphatic rings. The molecule has 1 aromatic rings. The summed E-state index contributed by atoms with van der Waals surface area (Å²) < 4.78 is 4.94. The van der Waals surface area contributed by atoms with Crippen LogP contribution in [0.5, 0.6) is 0 Å². The minimum Gasteiger partial charge on any atom is -0.361 e. The number of hydrogen-bond acceptors (Lipinski definition) is 4. The van der Waals surface area contributed by atoms with E-state index in [9.17, 15) is 0 Å². The largest absolute Gasteiger partial charge is 0.361 e. The molecule has 3 N–H and O–H groups in total. The first-order valence-electron chi connectivity index (χ1n) is 4.42. The van der Waals surface area contributed by atoms with Crippen LogP contribution in [-0.4, -0.2) is 16.5 Å². The summed E-state index contributed by atoms with van der Waals surface area (Å²) in [5, 5.41) is 3.82. The van der Waals surface area contributed by atoms with Crippen LogP contribution in [-0.2, 0) is 0 Å². The molecular formula is C9H16N4O. The van der Waals surface area contributed by atoms with Crippen molar-refractivity contribution in [2.45, 2.75) is 33.2 Å². The summed E-state index contributed by atoms with van der Waals surface area (Å²) in [5.41, 5.74) is 2.94. The summed E-state index contributed by atoms with van der Waals surface area (Å²) in [5.74, 6) is 6.63. The molecule has 0 aliphatic heterocycles. The summed E-state index contributed by atoms with van der Waals surface area (Å²) in [4.78, 5) is 4.37. The molecular weight excluding hydrogens is 180 g/mol. The number of hydrogen-bond donors (Lipinski definition) is 2. The Morgan fingerprint density at radius 2 is 2.21 bits per heavy atom. The third-order valence-corrected chi connectivity index (χ3v) is 1.45. The molecule has 1 aromatic heterocycles. The molecule has 0 aliphatic carbocycles. The summed E-state index contributed by atoms with van der Waals surface area (Å²) in [7, 11) is 0.